The Morgan fingerprint density at radius 2 is 1.67 bits per heavy atom. The van der Waals surface area contributed by atoms with Crippen LogP contribution >= 0.6 is 15.9 Å². The molecule has 0 heterocycles. The van der Waals surface area contributed by atoms with E-state index in [1.807, 2.05) is 13.0 Å². The fraction of sp³-hybridized carbons (Fsp3) is 0.294. The van der Waals surface area contributed by atoms with Gasteiger partial charge in [-0.05, 0) is 58.2 Å². The lowest BCUT2D eigenvalue weighted by Crippen LogP contribution is -2.27. The maximum atomic E-state index is 12.8. The highest BCUT2D eigenvalue weighted by atomic mass is 79.9. The molecule has 0 spiro atoms. The van der Waals surface area contributed by atoms with Crippen molar-refractivity contribution >= 4 is 26.0 Å². The van der Waals surface area contributed by atoms with Crippen LogP contribution in [0.5, 0.6) is 11.5 Å². The second-order valence-corrected chi connectivity index (χ2v) is 8.19. The summed E-state index contributed by atoms with van der Waals surface area (Å²) in [6, 6.07) is 10.4. The van der Waals surface area contributed by atoms with Crippen molar-refractivity contribution in [3.05, 3.63) is 52.0 Å². The third kappa shape index (κ3) is 3.74. The Morgan fingerprint density at radius 3 is 2.25 bits per heavy atom. The Hall–Kier alpha value is -1.57. The molecule has 0 aliphatic rings. The average Bonchev–Trinajstić information content (AvgIpc) is 2.56. The Balaban J connectivity index is 2.36. The molecule has 0 unspecified atom stereocenters. The van der Waals surface area contributed by atoms with Crippen molar-refractivity contribution in [2.45, 2.75) is 18.4 Å². The Morgan fingerprint density at radius 1 is 1.08 bits per heavy atom. The topological polar surface area (TPSA) is 55.8 Å². The fourth-order valence-electron chi connectivity index (χ4n) is 2.34. The number of halogens is 1. The van der Waals surface area contributed by atoms with Gasteiger partial charge in [0.05, 0.1) is 19.1 Å². The van der Waals surface area contributed by atoms with Crippen molar-refractivity contribution in [2.75, 3.05) is 21.3 Å². The number of rotatable bonds is 6. The lowest BCUT2D eigenvalue weighted by Gasteiger charge is -2.20. The summed E-state index contributed by atoms with van der Waals surface area (Å²) in [6.45, 7) is 2.14. The molecule has 0 aliphatic carbocycles. The minimum absolute atomic E-state index is 0.232. The van der Waals surface area contributed by atoms with E-state index in [9.17, 15) is 8.42 Å². The molecular formula is C17H20BrNO4S. The van der Waals surface area contributed by atoms with Crippen molar-refractivity contribution in [3.8, 4) is 11.5 Å². The molecule has 0 atom stereocenters. The summed E-state index contributed by atoms with van der Waals surface area (Å²) in [5, 5.41) is 0. The van der Waals surface area contributed by atoms with Gasteiger partial charge in [0.1, 0.15) is 0 Å². The predicted octanol–water partition coefficient (Wildman–Crippen LogP) is 3.60. The van der Waals surface area contributed by atoms with E-state index in [0.717, 1.165) is 11.1 Å². The Bertz CT molecular complexity index is 836. The van der Waals surface area contributed by atoms with Crippen LogP contribution in [0.4, 0.5) is 0 Å². The Kier molecular flexibility index (Phi) is 5.90. The lowest BCUT2D eigenvalue weighted by atomic mass is 10.1. The summed E-state index contributed by atoms with van der Waals surface area (Å²) in [4.78, 5) is 0.241. The maximum Gasteiger partial charge on any atom is 0.244 e. The van der Waals surface area contributed by atoms with E-state index in [1.165, 1.54) is 4.31 Å². The van der Waals surface area contributed by atoms with Crippen LogP contribution in [-0.2, 0) is 16.6 Å². The van der Waals surface area contributed by atoms with Gasteiger partial charge in [-0.15, -0.1) is 0 Å². The first-order valence-corrected chi connectivity index (χ1v) is 9.47. The standard InChI is InChI=1S/C17H20BrNO4S/c1-12-9-15(22-3)16(23-4)10-13(12)11-19(2)24(20,21)17-8-6-5-7-14(17)18/h5-10H,11H2,1-4H3. The van der Waals surface area contributed by atoms with Gasteiger partial charge < -0.3 is 9.47 Å². The smallest absolute Gasteiger partial charge is 0.244 e. The number of methoxy groups -OCH3 is 2. The van der Waals surface area contributed by atoms with Crippen LogP contribution in [-0.4, -0.2) is 34.0 Å². The van der Waals surface area contributed by atoms with Crippen LogP contribution in [0.1, 0.15) is 11.1 Å². The van der Waals surface area contributed by atoms with Crippen LogP contribution < -0.4 is 9.47 Å². The zero-order valence-corrected chi connectivity index (χ0v) is 16.4. The van der Waals surface area contributed by atoms with Crippen LogP contribution in [0.15, 0.2) is 45.8 Å². The molecule has 2 rings (SSSR count). The number of nitrogens with zero attached hydrogens (tertiary/aromatic N) is 1. The van der Waals surface area contributed by atoms with E-state index < -0.39 is 10.0 Å². The van der Waals surface area contributed by atoms with E-state index in [1.54, 1.807) is 51.6 Å². The number of sulfonamides is 1. The second kappa shape index (κ2) is 7.55. The van der Waals surface area contributed by atoms with Crippen molar-refractivity contribution in [1.29, 1.82) is 0 Å². The zero-order chi connectivity index (χ0) is 17.9. The molecular weight excluding hydrogens is 394 g/mol. The fourth-order valence-corrected chi connectivity index (χ4v) is 4.45. The number of hydrogen-bond donors (Lipinski definition) is 0. The van der Waals surface area contributed by atoms with Gasteiger partial charge in [0.2, 0.25) is 10.0 Å². The third-order valence-electron chi connectivity index (χ3n) is 3.76. The highest BCUT2D eigenvalue weighted by Crippen LogP contribution is 2.32. The molecule has 0 aromatic heterocycles. The molecule has 5 nitrogen and oxygen atoms in total. The van der Waals surface area contributed by atoms with Crippen LogP contribution in [0.2, 0.25) is 0 Å². The van der Waals surface area contributed by atoms with Gasteiger partial charge in [-0.1, -0.05) is 12.1 Å². The van der Waals surface area contributed by atoms with E-state index in [2.05, 4.69) is 15.9 Å². The van der Waals surface area contributed by atoms with Gasteiger partial charge in [0.25, 0.3) is 0 Å². The van der Waals surface area contributed by atoms with Gasteiger partial charge in [0, 0.05) is 18.1 Å². The summed E-state index contributed by atoms with van der Waals surface area (Å²) < 4.78 is 38.0. The molecule has 0 saturated heterocycles. The van der Waals surface area contributed by atoms with Gasteiger partial charge in [-0.2, -0.15) is 4.31 Å². The first-order valence-electron chi connectivity index (χ1n) is 7.23. The van der Waals surface area contributed by atoms with E-state index >= 15 is 0 Å². The molecule has 0 saturated carbocycles. The first-order chi connectivity index (χ1) is 11.3. The van der Waals surface area contributed by atoms with Crippen LogP contribution in [0.3, 0.4) is 0 Å². The number of benzene rings is 2. The van der Waals surface area contributed by atoms with E-state index in [0.29, 0.717) is 16.0 Å². The number of hydrogen-bond acceptors (Lipinski definition) is 4. The lowest BCUT2D eigenvalue weighted by molar-refractivity contribution is 0.353. The quantitative estimate of drug-likeness (QED) is 0.725. The molecule has 2 aromatic carbocycles. The second-order valence-electron chi connectivity index (χ2n) is 5.33. The molecule has 0 radical (unpaired) electrons. The minimum Gasteiger partial charge on any atom is -0.493 e. The molecule has 0 N–H and O–H groups in total. The largest absolute Gasteiger partial charge is 0.493 e. The average molecular weight is 414 g/mol. The summed E-state index contributed by atoms with van der Waals surface area (Å²) in [7, 11) is 1.08. The number of aryl methyl sites for hydroxylation is 1. The van der Waals surface area contributed by atoms with Crippen LogP contribution in [0, 0.1) is 6.92 Å². The SMILES string of the molecule is COc1cc(C)c(CN(C)S(=O)(=O)c2ccccc2Br)cc1OC. The van der Waals surface area contributed by atoms with Gasteiger partial charge in [0.15, 0.2) is 11.5 Å². The van der Waals surface area contributed by atoms with Gasteiger partial charge >= 0.3 is 0 Å². The monoisotopic (exact) mass is 413 g/mol. The molecule has 7 heteroatoms. The van der Waals surface area contributed by atoms with E-state index in [4.69, 9.17) is 9.47 Å². The van der Waals surface area contributed by atoms with Crippen molar-refractivity contribution < 1.29 is 17.9 Å². The first kappa shape index (κ1) is 18.8. The molecule has 0 aliphatic heterocycles. The molecule has 130 valence electrons. The predicted molar refractivity (Wildman–Crippen MR) is 97.1 cm³/mol. The summed E-state index contributed by atoms with van der Waals surface area (Å²) in [6.07, 6.45) is 0. The van der Waals surface area contributed by atoms with Crippen molar-refractivity contribution in [1.82, 2.24) is 4.31 Å². The van der Waals surface area contributed by atoms with Gasteiger partial charge in [-0.3, -0.25) is 0 Å². The minimum atomic E-state index is -3.61. The van der Waals surface area contributed by atoms with Crippen LogP contribution in [0.25, 0.3) is 0 Å². The van der Waals surface area contributed by atoms with Gasteiger partial charge in [-0.25, -0.2) is 8.42 Å². The number of ether oxygens (including phenoxy) is 2. The highest BCUT2D eigenvalue weighted by Gasteiger charge is 2.24. The summed E-state index contributed by atoms with van der Waals surface area (Å²) >= 11 is 3.30. The molecule has 0 fully saturated rings. The maximum absolute atomic E-state index is 12.8. The molecule has 0 amide bonds. The highest BCUT2D eigenvalue weighted by molar-refractivity contribution is 9.10. The summed E-state index contributed by atoms with van der Waals surface area (Å²) in [5.74, 6) is 1.19. The third-order valence-corrected chi connectivity index (χ3v) is 6.58. The van der Waals surface area contributed by atoms with Crippen molar-refractivity contribution in [2.24, 2.45) is 0 Å². The Labute approximate surface area is 151 Å². The van der Waals surface area contributed by atoms with E-state index in [-0.39, 0.29) is 11.4 Å². The zero-order valence-electron chi connectivity index (χ0n) is 14.0. The molecule has 0 bridgehead atoms. The normalized spacial score (nSPS) is 11.6. The van der Waals surface area contributed by atoms with Crippen molar-refractivity contribution in [3.63, 3.8) is 0 Å². The molecule has 24 heavy (non-hydrogen) atoms. The molecule has 2 aromatic rings. The summed E-state index contributed by atoms with van der Waals surface area (Å²) in [5.41, 5.74) is 1.78.